The third-order valence-corrected chi connectivity index (χ3v) is 6.27. The lowest BCUT2D eigenvalue weighted by molar-refractivity contribution is 0.477. The molecule has 0 atom stereocenters. The molecule has 0 unspecified atom stereocenters. The van der Waals surface area contributed by atoms with Crippen LogP contribution >= 0.6 is 0 Å². The van der Waals surface area contributed by atoms with Crippen molar-refractivity contribution in [3.05, 3.63) is 30.0 Å². The molecule has 1 aromatic carbocycles. The maximum atomic E-state index is 12.6. The van der Waals surface area contributed by atoms with Gasteiger partial charge in [0.1, 0.15) is 6.07 Å². The van der Waals surface area contributed by atoms with Crippen molar-refractivity contribution < 1.29 is 12.8 Å². The second kappa shape index (κ2) is 7.89. The number of nitriles is 1. The van der Waals surface area contributed by atoms with Crippen molar-refractivity contribution in [2.75, 3.05) is 25.0 Å². The molecule has 8 heteroatoms. The predicted molar refractivity (Wildman–Crippen MR) is 98.0 cm³/mol. The SMILES string of the molecule is CCCCNc1oc(-c2ccc(S(=O)(=O)N3CCCC3)cc2)nc1C#N. The summed E-state index contributed by atoms with van der Waals surface area (Å²) in [7, 11) is -3.44. The van der Waals surface area contributed by atoms with Gasteiger partial charge in [-0.15, -0.1) is 0 Å². The molecule has 0 amide bonds. The third kappa shape index (κ3) is 3.74. The molecule has 26 heavy (non-hydrogen) atoms. The topological polar surface area (TPSA) is 99.2 Å². The molecule has 1 aliphatic rings. The normalized spacial score (nSPS) is 15.1. The lowest BCUT2D eigenvalue weighted by Gasteiger charge is -2.15. The zero-order valence-corrected chi connectivity index (χ0v) is 15.6. The predicted octanol–water partition coefficient (Wildman–Crippen LogP) is 3.21. The van der Waals surface area contributed by atoms with Crippen LogP contribution < -0.4 is 5.32 Å². The van der Waals surface area contributed by atoms with E-state index in [1.165, 1.54) is 4.31 Å². The molecule has 0 aliphatic carbocycles. The van der Waals surface area contributed by atoms with Crippen molar-refractivity contribution >= 4 is 15.9 Å². The largest absolute Gasteiger partial charge is 0.419 e. The van der Waals surface area contributed by atoms with E-state index in [2.05, 4.69) is 17.2 Å². The number of anilines is 1. The average Bonchev–Trinajstić information content (AvgIpc) is 3.32. The van der Waals surface area contributed by atoms with Gasteiger partial charge >= 0.3 is 0 Å². The molecule has 1 saturated heterocycles. The van der Waals surface area contributed by atoms with E-state index >= 15 is 0 Å². The van der Waals surface area contributed by atoms with Crippen LogP contribution in [-0.2, 0) is 10.0 Å². The Kier molecular flexibility index (Phi) is 5.59. The molecule has 1 fully saturated rings. The molecule has 2 heterocycles. The van der Waals surface area contributed by atoms with Crippen LogP contribution in [0.2, 0.25) is 0 Å². The third-order valence-electron chi connectivity index (χ3n) is 4.35. The van der Waals surface area contributed by atoms with Gasteiger partial charge in [0, 0.05) is 25.2 Å². The number of rotatable bonds is 7. The molecule has 0 radical (unpaired) electrons. The molecule has 3 rings (SSSR count). The van der Waals surface area contributed by atoms with Crippen LogP contribution in [0.25, 0.3) is 11.5 Å². The van der Waals surface area contributed by atoms with Gasteiger partial charge in [-0.3, -0.25) is 0 Å². The molecule has 2 aromatic rings. The summed E-state index contributed by atoms with van der Waals surface area (Å²) in [5, 5.41) is 12.3. The molecule has 138 valence electrons. The van der Waals surface area contributed by atoms with Crippen LogP contribution in [-0.4, -0.2) is 37.3 Å². The van der Waals surface area contributed by atoms with Crippen molar-refractivity contribution in [2.45, 2.75) is 37.5 Å². The highest BCUT2D eigenvalue weighted by Gasteiger charge is 2.27. The highest BCUT2D eigenvalue weighted by molar-refractivity contribution is 7.89. The first-order valence-electron chi connectivity index (χ1n) is 8.81. The summed E-state index contributed by atoms with van der Waals surface area (Å²) in [5.74, 6) is 0.649. The van der Waals surface area contributed by atoms with Crippen molar-refractivity contribution in [1.29, 1.82) is 5.26 Å². The van der Waals surface area contributed by atoms with Gasteiger partial charge in [0.25, 0.3) is 0 Å². The van der Waals surface area contributed by atoms with Crippen molar-refractivity contribution in [2.24, 2.45) is 0 Å². The average molecular weight is 374 g/mol. The minimum atomic E-state index is -3.44. The van der Waals surface area contributed by atoms with Gasteiger partial charge in [0.05, 0.1) is 4.90 Å². The number of oxazole rings is 1. The highest BCUT2D eigenvalue weighted by Crippen LogP contribution is 2.27. The van der Waals surface area contributed by atoms with E-state index in [1.807, 2.05) is 6.07 Å². The van der Waals surface area contributed by atoms with E-state index in [-0.39, 0.29) is 10.6 Å². The molecule has 7 nitrogen and oxygen atoms in total. The molecule has 1 N–H and O–H groups in total. The van der Waals surface area contributed by atoms with Gasteiger partial charge < -0.3 is 9.73 Å². The van der Waals surface area contributed by atoms with E-state index in [0.29, 0.717) is 37.0 Å². The summed E-state index contributed by atoms with van der Waals surface area (Å²) in [5.41, 5.74) is 0.829. The Balaban J connectivity index is 1.81. The van der Waals surface area contributed by atoms with Crippen LogP contribution in [0.5, 0.6) is 0 Å². The molecular formula is C18H22N4O3S. The summed E-state index contributed by atoms with van der Waals surface area (Å²) < 4.78 is 32.3. The monoisotopic (exact) mass is 374 g/mol. The molecule has 0 saturated carbocycles. The van der Waals surface area contributed by atoms with Crippen LogP contribution in [0, 0.1) is 11.3 Å². The van der Waals surface area contributed by atoms with E-state index in [4.69, 9.17) is 4.42 Å². The van der Waals surface area contributed by atoms with Gasteiger partial charge in [-0.1, -0.05) is 13.3 Å². The summed E-state index contributed by atoms with van der Waals surface area (Å²) in [6.45, 7) is 3.92. The Morgan fingerprint density at radius 2 is 1.96 bits per heavy atom. The fourth-order valence-electron chi connectivity index (χ4n) is 2.86. The Hall–Kier alpha value is -2.37. The number of sulfonamides is 1. The van der Waals surface area contributed by atoms with Crippen molar-refractivity contribution in [3.8, 4) is 17.5 Å². The van der Waals surface area contributed by atoms with E-state index in [1.54, 1.807) is 24.3 Å². The Bertz CT molecular complexity index is 892. The summed E-state index contributed by atoms with van der Waals surface area (Å²) >= 11 is 0. The van der Waals surface area contributed by atoms with Gasteiger partial charge in [0.15, 0.2) is 0 Å². The number of nitrogens with zero attached hydrogens (tertiary/aromatic N) is 3. The quantitative estimate of drug-likeness (QED) is 0.747. The number of unbranched alkanes of at least 4 members (excludes halogenated alkanes) is 1. The molecular weight excluding hydrogens is 352 g/mol. The summed E-state index contributed by atoms with van der Waals surface area (Å²) in [4.78, 5) is 4.46. The van der Waals surface area contributed by atoms with Gasteiger partial charge in [0.2, 0.25) is 27.5 Å². The fraction of sp³-hybridized carbons (Fsp3) is 0.444. The van der Waals surface area contributed by atoms with Crippen LogP contribution in [0.4, 0.5) is 5.88 Å². The van der Waals surface area contributed by atoms with E-state index < -0.39 is 10.0 Å². The minimum Gasteiger partial charge on any atom is -0.419 e. The van der Waals surface area contributed by atoms with Crippen LogP contribution in [0.1, 0.15) is 38.3 Å². The zero-order valence-electron chi connectivity index (χ0n) is 14.7. The van der Waals surface area contributed by atoms with E-state index in [0.717, 1.165) is 25.7 Å². The first kappa shape index (κ1) is 18.4. The van der Waals surface area contributed by atoms with E-state index in [9.17, 15) is 13.7 Å². The molecule has 1 aliphatic heterocycles. The standard InChI is InChI=1S/C18H22N4O3S/c1-2-3-10-20-18-16(13-19)21-17(25-18)14-6-8-15(9-7-14)26(23,24)22-11-4-5-12-22/h6-9,20H,2-5,10-12H2,1H3. The number of aromatic nitrogens is 1. The summed E-state index contributed by atoms with van der Waals surface area (Å²) in [6, 6.07) is 8.45. The van der Waals surface area contributed by atoms with Gasteiger partial charge in [-0.05, 0) is 43.5 Å². The van der Waals surface area contributed by atoms with Gasteiger partial charge in [-0.25, -0.2) is 8.42 Å². The number of benzene rings is 1. The highest BCUT2D eigenvalue weighted by atomic mass is 32.2. The fourth-order valence-corrected chi connectivity index (χ4v) is 4.38. The maximum Gasteiger partial charge on any atom is 0.243 e. The molecule has 0 bridgehead atoms. The zero-order chi connectivity index (χ0) is 18.6. The smallest absolute Gasteiger partial charge is 0.243 e. The first-order chi connectivity index (χ1) is 12.6. The van der Waals surface area contributed by atoms with Crippen molar-refractivity contribution in [1.82, 2.24) is 9.29 Å². The second-order valence-electron chi connectivity index (χ2n) is 6.22. The Labute approximate surface area is 153 Å². The maximum absolute atomic E-state index is 12.6. The second-order valence-corrected chi connectivity index (χ2v) is 8.16. The molecule has 0 spiro atoms. The minimum absolute atomic E-state index is 0.199. The number of hydrogen-bond donors (Lipinski definition) is 1. The number of nitrogens with one attached hydrogen (secondary N) is 1. The van der Waals surface area contributed by atoms with Crippen LogP contribution in [0.3, 0.4) is 0 Å². The number of hydrogen-bond acceptors (Lipinski definition) is 6. The first-order valence-corrected chi connectivity index (χ1v) is 10.3. The Morgan fingerprint density at radius 1 is 1.27 bits per heavy atom. The lowest BCUT2D eigenvalue weighted by atomic mass is 10.2. The summed E-state index contributed by atoms with van der Waals surface area (Å²) in [6.07, 6.45) is 3.80. The van der Waals surface area contributed by atoms with Gasteiger partial charge in [-0.2, -0.15) is 14.6 Å². The van der Waals surface area contributed by atoms with Crippen molar-refractivity contribution in [3.63, 3.8) is 0 Å². The Morgan fingerprint density at radius 3 is 2.58 bits per heavy atom. The lowest BCUT2D eigenvalue weighted by Crippen LogP contribution is -2.27. The van der Waals surface area contributed by atoms with Crippen LogP contribution in [0.15, 0.2) is 33.6 Å². The molecule has 1 aromatic heterocycles.